The lowest BCUT2D eigenvalue weighted by Crippen LogP contribution is -2.30. The summed E-state index contributed by atoms with van der Waals surface area (Å²) in [5.74, 6) is 0. The van der Waals surface area contributed by atoms with Crippen LogP contribution in [0.2, 0.25) is 0 Å². The second kappa shape index (κ2) is 15.1. The molecule has 2 nitrogen and oxygen atoms in total. The minimum atomic E-state index is -0.630. The molecule has 13 rings (SSSR count). The van der Waals surface area contributed by atoms with Gasteiger partial charge in [0.05, 0.1) is 28.5 Å². The van der Waals surface area contributed by atoms with Gasteiger partial charge in [-0.15, -0.1) is 0 Å². The number of rotatable bonds is 8. The SMILES string of the molecule is c1ccc(C2(c3ccccc3)c3ccccc3-c3c(N(c4ccc(-c5ccc6ccoc6c5)cc4)c4cccc5c4C(c4ccccc4)(c4ccccc4)c4ccccc4-5)cccc32)cc1. The second-order valence-electron chi connectivity index (χ2n) is 17.5. The lowest BCUT2D eigenvalue weighted by Gasteiger charge is -2.38. The summed E-state index contributed by atoms with van der Waals surface area (Å²) >= 11 is 0. The molecule has 0 saturated heterocycles. The van der Waals surface area contributed by atoms with E-state index in [0.29, 0.717) is 0 Å². The van der Waals surface area contributed by atoms with Gasteiger partial charge < -0.3 is 9.32 Å². The fourth-order valence-corrected chi connectivity index (χ4v) is 11.7. The van der Waals surface area contributed by atoms with Crippen molar-refractivity contribution in [3.63, 3.8) is 0 Å². The van der Waals surface area contributed by atoms with Gasteiger partial charge in [-0.1, -0.05) is 218 Å². The number of nitrogens with zero attached hydrogens (tertiary/aromatic N) is 1. The van der Waals surface area contributed by atoms with Crippen LogP contribution in [0.5, 0.6) is 0 Å². The van der Waals surface area contributed by atoms with Crippen molar-refractivity contribution in [1.82, 2.24) is 0 Å². The molecule has 2 aliphatic carbocycles. The highest BCUT2D eigenvalue weighted by atomic mass is 16.3. The summed E-state index contributed by atoms with van der Waals surface area (Å²) < 4.78 is 5.86. The van der Waals surface area contributed by atoms with Gasteiger partial charge in [-0.3, -0.25) is 0 Å². The van der Waals surface area contributed by atoms with Crippen molar-refractivity contribution in [2.45, 2.75) is 10.8 Å². The fourth-order valence-electron chi connectivity index (χ4n) is 11.7. The third-order valence-corrected chi connectivity index (χ3v) is 14.3. The number of hydrogen-bond donors (Lipinski definition) is 0. The van der Waals surface area contributed by atoms with Gasteiger partial charge in [-0.2, -0.15) is 0 Å². The average Bonchev–Trinajstić information content (AvgIpc) is 4.09. The van der Waals surface area contributed by atoms with Gasteiger partial charge in [0.2, 0.25) is 0 Å². The third kappa shape index (κ3) is 5.42. The lowest BCUT2D eigenvalue weighted by molar-refractivity contribution is 0.616. The normalized spacial score (nSPS) is 13.7. The molecule has 310 valence electrons. The predicted octanol–water partition coefficient (Wildman–Crippen LogP) is 16.3. The molecule has 0 atom stereocenters. The Kier molecular flexibility index (Phi) is 8.69. The molecule has 0 amide bonds. The Morgan fingerprint density at radius 2 is 0.818 bits per heavy atom. The number of fused-ring (bicyclic) bond motifs is 7. The van der Waals surface area contributed by atoms with Crippen molar-refractivity contribution in [3.8, 4) is 33.4 Å². The largest absolute Gasteiger partial charge is 0.464 e. The van der Waals surface area contributed by atoms with Gasteiger partial charge in [0.1, 0.15) is 5.58 Å². The quantitative estimate of drug-likeness (QED) is 0.152. The maximum absolute atomic E-state index is 5.86. The number of furan rings is 1. The summed E-state index contributed by atoms with van der Waals surface area (Å²) in [6, 6.07) is 94.1. The molecule has 0 radical (unpaired) electrons. The van der Waals surface area contributed by atoms with Crippen molar-refractivity contribution >= 4 is 28.0 Å². The molecular weight excluding hydrogens is 799 g/mol. The molecule has 0 fully saturated rings. The van der Waals surface area contributed by atoms with E-state index in [1.165, 1.54) is 66.8 Å². The van der Waals surface area contributed by atoms with Crippen molar-refractivity contribution in [1.29, 1.82) is 0 Å². The van der Waals surface area contributed by atoms with E-state index in [-0.39, 0.29) is 0 Å². The van der Waals surface area contributed by atoms with Crippen molar-refractivity contribution in [2.75, 3.05) is 4.90 Å². The Bertz CT molecular complexity index is 3490. The Morgan fingerprint density at radius 1 is 0.333 bits per heavy atom. The molecular formula is C64H43NO. The van der Waals surface area contributed by atoms with Crippen molar-refractivity contribution < 1.29 is 4.42 Å². The molecule has 11 aromatic rings. The summed E-state index contributed by atoms with van der Waals surface area (Å²) in [4.78, 5) is 2.56. The van der Waals surface area contributed by atoms with Crippen LogP contribution in [0.1, 0.15) is 44.5 Å². The van der Waals surface area contributed by atoms with Crippen LogP contribution in [0, 0.1) is 0 Å². The molecule has 10 aromatic carbocycles. The van der Waals surface area contributed by atoms with E-state index in [9.17, 15) is 0 Å². The molecule has 0 bridgehead atoms. The van der Waals surface area contributed by atoms with E-state index in [2.05, 4.69) is 254 Å². The van der Waals surface area contributed by atoms with Gasteiger partial charge in [0.25, 0.3) is 0 Å². The van der Waals surface area contributed by atoms with Crippen LogP contribution in [0.4, 0.5) is 17.1 Å². The number of anilines is 3. The molecule has 2 aliphatic rings. The molecule has 1 aromatic heterocycles. The fraction of sp³-hybridized carbons (Fsp3) is 0.0312. The summed E-state index contributed by atoms with van der Waals surface area (Å²) in [6.07, 6.45) is 1.76. The lowest BCUT2D eigenvalue weighted by atomic mass is 9.67. The molecule has 66 heavy (non-hydrogen) atoms. The summed E-state index contributed by atoms with van der Waals surface area (Å²) in [5.41, 5.74) is 20.2. The van der Waals surface area contributed by atoms with Gasteiger partial charge in [0, 0.05) is 22.2 Å². The van der Waals surface area contributed by atoms with Crippen LogP contribution in [-0.4, -0.2) is 0 Å². The third-order valence-electron chi connectivity index (χ3n) is 14.3. The van der Waals surface area contributed by atoms with Gasteiger partial charge in [-0.05, 0) is 103 Å². The maximum Gasteiger partial charge on any atom is 0.134 e. The monoisotopic (exact) mass is 841 g/mol. The zero-order chi connectivity index (χ0) is 43.7. The minimum absolute atomic E-state index is 0.558. The van der Waals surface area contributed by atoms with E-state index < -0.39 is 10.8 Å². The second-order valence-corrected chi connectivity index (χ2v) is 17.5. The highest BCUT2D eigenvalue weighted by Crippen LogP contribution is 2.63. The Balaban J connectivity index is 1.14. The average molecular weight is 842 g/mol. The van der Waals surface area contributed by atoms with E-state index in [0.717, 1.165) is 39.2 Å². The summed E-state index contributed by atoms with van der Waals surface area (Å²) in [7, 11) is 0. The van der Waals surface area contributed by atoms with E-state index in [1.807, 2.05) is 6.07 Å². The van der Waals surface area contributed by atoms with Crippen LogP contribution in [0.15, 0.2) is 265 Å². The molecule has 0 spiro atoms. The smallest absolute Gasteiger partial charge is 0.134 e. The molecule has 2 heteroatoms. The minimum Gasteiger partial charge on any atom is -0.464 e. The Labute approximate surface area is 385 Å². The van der Waals surface area contributed by atoms with Crippen LogP contribution in [0.25, 0.3) is 44.3 Å². The van der Waals surface area contributed by atoms with Gasteiger partial charge in [0.15, 0.2) is 0 Å². The van der Waals surface area contributed by atoms with Gasteiger partial charge >= 0.3 is 0 Å². The number of hydrogen-bond acceptors (Lipinski definition) is 2. The van der Waals surface area contributed by atoms with Crippen LogP contribution in [-0.2, 0) is 10.8 Å². The Morgan fingerprint density at radius 3 is 1.45 bits per heavy atom. The molecule has 0 saturated carbocycles. The van der Waals surface area contributed by atoms with Gasteiger partial charge in [-0.25, -0.2) is 0 Å². The van der Waals surface area contributed by atoms with Crippen LogP contribution in [0.3, 0.4) is 0 Å². The predicted molar refractivity (Wildman–Crippen MR) is 271 cm³/mol. The van der Waals surface area contributed by atoms with Crippen molar-refractivity contribution in [2.24, 2.45) is 0 Å². The number of benzene rings is 10. The first-order chi connectivity index (χ1) is 32.8. The first-order valence-electron chi connectivity index (χ1n) is 22.8. The van der Waals surface area contributed by atoms with Crippen molar-refractivity contribution in [3.05, 3.63) is 306 Å². The molecule has 1 heterocycles. The first kappa shape index (κ1) is 38.0. The zero-order valence-corrected chi connectivity index (χ0v) is 36.2. The van der Waals surface area contributed by atoms with E-state index in [1.54, 1.807) is 6.26 Å². The maximum atomic E-state index is 5.86. The molecule has 0 aliphatic heterocycles. The summed E-state index contributed by atoms with van der Waals surface area (Å²) in [5, 5.41) is 1.10. The topological polar surface area (TPSA) is 16.4 Å². The highest BCUT2D eigenvalue weighted by molar-refractivity contribution is 6.01. The van der Waals surface area contributed by atoms with E-state index in [4.69, 9.17) is 4.42 Å². The standard InChI is InChI=1S/C64H43NO/c1-5-19-47(20-6-1)63(48-21-7-2-8-22-48)56-31-16-14-28-54(56)61-57(63)32-18-33-58(61)65(51-39-37-44(38-40-51)46-36-35-45-41-42-66-60(45)43-46)59-34-17-29-53-52-27-13-15-30-55(52)64(62(53)59,49-23-9-3-10-24-49)50-25-11-4-12-26-50/h1-43H. The Hall–Kier alpha value is -8.46. The molecule has 0 N–H and O–H groups in total. The van der Waals surface area contributed by atoms with Crippen LogP contribution >= 0.6 is 0 Å². The summed E-state index contributed by atoms with van der Waals surface area (Å²) in [6.45, 7) is 0. The van der Waals surface area contributed by atoms with Crippen LogP contribution < -0.4 is 4.90 Å². The zero-order valence-electron chi connectivity index (χ0n) is 36.2. The molecule has 0 unspecified atom stereocenters. The van der Waals surface area contributed by atoms with E-state index >= 15 is 0 Å². The highest BCUT2D eigenvalue weighted by Gasteiger charge is 2.50. The first-order valence-corrected chi connectivity index (χ1v) is 22.8.